The van der Waals surface area contributed by atoms with E-state index in [0.717, 1.165) is 12.1 Å². The van der Waals surface area contributed by atoms with Crippen molar-refractivity contribution in [2.24, 2.45) is 5.73 Å². The van der Waals surface area contributed by atoms with Crippen LogP contribution < -0.4 is 10.5 Å². The van der Waals surface area contributed by atoms with Crippen molar-refractivity contribution in [3.8, 4) is 5.75 Å². The van der Waals surface area contributed by atoms with Crippen molar-refractivity contribution in [1.29, 1.82) is 0 Å². The van der Waals surface area contributed by atoms with Crippen LogP contribution in [0.2, 0.25) is 0 Å². The molecule has 84 valence electrons. The fourth-order valence-electron chi connectivity index (χ4n) is 1.23. The molecule has 0 radical (unpaired) electrons. The van der Waals surface area contributed by atoms with Crippen LogP contribution in [0.4, 0.5) is 5.69 Å². The van der Waals surface area contributed by atoms with E-state index in [9.17, 15) is 19.7 Å². The average molecular weight is 224 g/mol. The molecule has 7 nitrogen and oxygen atoms in total. The van der Waals surface area contributed by atoms with Crippen LogP contribution in [0.5, 0.6) is 5.75 Å². The number of methoxy groups -OCH3 is 1. The van der Waals surface area contributed by atoms with Gasteiger partial charge in [-0.05, 0) is 12.1 Å². The first kappa shape index (κ1) is 11.6. The summed E-state index contributed by atoms with van der Waals surface area (Å²) >= 11 is 0. The van der Waals surface area contributed by atoms with Crippen LogP contribution in [0.15, 0.2) is 12.1 Å². The normalized spacial score (nSPS) is 9.56. The van der Waals surface area contributed by atoms with Gasteiger partial charge in [0.05, 0.1) is 12.0 Å². The lowest BCUT2D eigenvalue weighted by Gasteiger charge is -2.05. The molecular weight excluding hydrogens is 216 g/mol. The van der Waals surface area contributed by atoms with E-state index in [1.165, 1.54) is 7.11 Å². The lowest BCUT2D eigenvalue weighted by atomic mass is 10.1. The second kappa shape index (κ2) is 4.39. The molecule has 1 amide bonds. The maximum Gasteiger partial charge on any atom is 0.323 e. The molecule has 7 heteroatoms. The van der Waals surface area contributed by atoms with Crippen molar-refractivity contribution in [1.82, 2.24) is 0 Å². The van der Waals surface area contributed by atoms with Gasteiger partial charge in [-0.1, -0.05) is 0 Å². The summed E-state index contributed by atoms with van der Waals surface area (Å²) < 4.78 is 4.73. The fraction of sp³-hybridized carbons (Fsp3) is 0.111. The summed E-state index contributed by atoms with van der Waals surface area (Å²) in [6.45, 7) is 0. The summed E-state index contributed by atoms with van der Waals surface area (Å²) in [4.78, 5) is 31.5. The molecule has 0 saturated carbocycles. The number of primary amides is 1. The molecule has 1 aromatic carbocycles. The van der Waals surface area contributed by atoms with Crippen LogP contribution >= 0.6 is 0 Å². The maximum atomic E-state index is 11.0. The molecule has 0 saturated heterocycles. The molecule has 1 rings (SSSR count). The summed E-state index contributed by atoms with van der Waals surface area (Å²) in [5.74, 6) is -1.17. The number of benzene rings is 1. The Hall–Kier alpha value is -2.44. The SMILES string of the molecule is COc1cc(C=O)cc(C(N)=O)c1[N+](=O)[O-]. The first-order chi connectivity index (χ1) is 7.51. The molecule has 0 spiro atoms. The third-order valence-corrected chi connectivity index (χ3v) is 1.90. The molecule has 0 fully saturated rings. The quantitative estimate of drug-likeness (QED) is 0.455. The zero-order valence-electron chi connectivity index (χ0n) is 8.30. The largest absolute Gasteiger partial charge is 0.490 e. The number of amides is 1. The minimum Gasteiger partial charge on any atom is -0.490 e. The Morgan fingerprint density at radius 1 is 1.56 bits per heavy atom. The highest BCUT2D eigenvalue weighted by atomic mass is 16.6. The number of hydrogen-bond acceptors (Lipinski definition) is 5. The molecule has 1 aromatic rings. The number of carbonyl (C=O) groups excluding carboxylic acids is 2. The Balaban J connectivity index is 3.59. The van der Waals surface area contributed by atoms with E-state index >= 15 is 0 Å². The molecule has 0 bridgehead atoms. The van der Waals surface area contributed by atoms with Gasteiger partial charge in [-0.3, -0.25) is 19.7 Å². The summed E-state index contributed by atoms with van der Waals surface area (Å²) in [7, 11) is 1.20. The van der Waals surface area contributed by atoms with E-state index in [4.69, 9.17) is 10.5 Å². The number of rotatable bonds is 4. The van der Waals surface area contributed by atoms with Crippen molar-refractivity contribution in [3.05, 3.63) is 33.4 Å². The monoisotopic (exact) mass is 224 g/mol. The topological polar surface area (TPSA) is 113 Å². The van der Waals surface area contributed by atoms with Gasteiger partial charge >= 0.3 is 5.69 Å². The van der Waals surface area contributed by atoms with E-state index in [1.807, 2.05) is 0 Å². The Labute approximate surface area is 90.0 Å². The van der Waals surface area contributed by atoms with Crippen molar-refractivity contribution in [2.75, 3.05) is 7.11 Å². The summed E-state index contributed by atoms with van der Waals surface area (Å²) in [5.41, 5.74) is 4.17. The zero-order chi connectivity index (χ0) is 12.3. The number of nitrogens with zero attached hydrogens (tertiary/aromatic N) is 1. The first-order valence-corrected chi connectivity index (χ1v) is 4.12. The van der Waals surface area contributed by atoms with E-state index in [2.05, 4.69) is 0 Å². The second-order valence-corrected chi connectivity index (χ2v) is 2.86. The van der Waals surface area contributed by atoms with Gasteiger partial charge in [0, 0.05) is 5.56 Å². The number of nitrogens with two attached hydrogens (primary N) is 1. The lowest BCUT2D eigenvalue weighted by Crippen LogP contribution is -2.14. The standard InChI is InChI=1S/C9H8N2O5/c1-16-7-3-5(4-12)2-6(9(10)13)8(7)11(14)15/h2-4H,1H3,(H2,10,13). The Morgan fingerprint density at radius 2 is 2.19 bits per heavy atom. The molecule has 0 atom stereocenters. The summed E-state index contributed by atoms with van der Waals surface area (Å²) in [6, 6.07) is 2.22. The highest BCUT2D eigenvalue weighted by molar-refractivity contribution is 5.99. The molecule has 2 N–H and O–H groups in total. The minimum absolute atomic E-state index is 0.0799. The Bertz CT molecular complexity index is 469. The molecule has 0 aliphatic heterocycles. The number of aldehydes is 1. The van der Waals surface area contributed by atoms with Gasteiger partial charge in [-0.2, -0.15) is 0 Å². The van der Waals surface area contributed by atoms with Gasteiger partial charge in [-0.25, -0.2) is 0 Å². The predicted octanol–water partition coefficient (Wildman–Crippen LogP) is 0.515. The van der Waals surface area contributed by atoms with Gasteiger partial charge in [0.1, 0.15) is 11.8 Å². The summed E-state index contributed by atoms with van der Waals surface area (Å²) in [5, 5.41) is 10.7. The zero-order valence-corrected chi connectivity index (χ0v) is 8.30. The first-order valence-electron chi connectivity index (χ1n) is 4.12. The Morgan fingerprint density at radius 3 is 2.56 bits per heavy atom. The molecular formula is C9H8N2O5. The van der Waals surface area contributed by atoms with Gasteiger partial charge < -0.3 is 10.5 Å². The van der Waals surface area contributed by atoms with E-state index in [1.54, 1.807) is 0 Å². The molecule has 0 unspecified atom stereocenters. The van der Waals surface area contributed by atoms with Crippen LogP contribution in [-0.2, 0) is 0 Å². The smallest absolute Gasteiger partial charge is 0.323 e. The highest BCUT2D eigenvalue weighted by Crippen LogP contribution is 2.31. The molecule has 0 heterocycles. The van der Waals surface area contributed by atoms with Crippen LogP contribution in [-0.4, -0.2) is 24.2 Å². The van der Waals surface area contributed by atoms with Crippen molar-refractivity contribution in [3.63, 3.8) is 0 Å². The molecule has 16 heavy (non-hydrogen) atoms. The van der Waals surface area contributed by atoms with Crippen molar-refractivity contribution < 1.29 is 19.2 Å². The van der Waals surface area contributed by atoms with E-state index in [-0.39, 0.29) is 16.9 Å². The molecule has 0 aliphatic carbocycles. The lowest BCUT2D eigenvalue weighted by molar-refractivity contribution is -0.386. The van der Waals surface area contributed by atoms with Gasteiger partial charge in [0.2, 0.25) is 0 Å². The van der Waals surface area contributed by atoms with Crippen LogP contribution in [0, 0.1) is 10.1 Å². The third kappa shape index (κ3) is 1.97. The van der Waals surface area contributed by atoms with Gasteiger partial charge in [0.25, 0.3) is 5.91 Å². The molecule has 0 aliphatic rings. The number of carbonyl (C=O) groups is 2. The van der Waals surface area contributed by atoms with E-state index in [0.29, 0.717) is 6.29 Å². The Kier molecular flexibility index (Phi) is 3.19. The second-order valence-electron chi connectivity index (χ2n) is 2.86. The number of ether oxygens (including phenoxy) is 1. The van der Waals surface area contributed by atoms with Gasteiger partial charge in [-0.15, -0.1) is 0 Å². The van der Waals surface area contributed by atoms with Crippen molar-refractivity contribution in [2.45, 2.75) is 0 Å². The maximum absolute atomic E-state index is 11.0. The predicted molar refractivity (Wildman–Crippen MR) is 53.6 cm³/mol. The van der Waals surface area contributed by atoms with Crippen molar-refractivity contribution >= 4 is 17.9 Å². The van der Waals surface area contributed by atoms with Crippen LogP contribution in [0.1, 0.15) is 20.7 Å². The average Bonchev–Trinajstić information content (AvgIpc) is 2.26. The van der Waals surface area contributed by atoms with Crippen LogP contribution in [0.3, 0.4) is 0 Å². The highest BCUT2D eigenvalue weighted by Gasteiger charge is 2.25. The summed E-state index contributed by atoms with van der Waals surface area (Å²) in [6.07, 6.45) is 0.443. The number of hydrogen-bond donors (Lipinski definition) is 1. The molecule has 0 aromatic heterocycles. The van der Waals surface area contributed by atoms with E-state index < -0.39 is 16.5 Å². The van der Waals surface area contributed by atoms with Crippen LogP contribution in [0.25, 0.3) is 0 Å². The third-order valence-electron chi connectivity index (χ3n) is 1.90. The van der Waals surface area contributed by atoms with Gasteiger partial charge in [0.15, 0.2) is 5.75 Å². The number of nitro groups is 1. The minimum atomic E-state index is -0.992. The fourth-order valence-corrected chi connectivity index (χ4v) is 1.23. The number of nitro benzene ring substituents is 1.